The fourth-order valence-electron chi connectivity index (χ4n) is 1.43. The lowest BCUT2D eigenvalue weighted by Gasteiger charge is -2.20. The van der Waals surface area contributed by atoms with Crippen molar-refractivity contribution in [3.05, 3.63) is 33.3 Å². The van der Waals surface area contributed by atoms with Crippen LogP contribution in [0.4, 0.5) is 0 Å². The molecule has 0 aliphatic heterocycles. The average molecular weight is 321 g/mol. The quantitative estimate of drug-likeness (QED) is 0.871. The van der Waals surface area contributed by atoms with E-state index >= 15 is 0 Å². The Kier molecular flexibility index (Phi) is 5.43. The minimum atomic E-state index is -0.909. The third-order valence-corrected chi connectivity index (χ3v) is 3.54. The lowest BCUT2D eigenvalue weighted by molar-refractivity contribution is -0.139. The van der Waals surface area contributed by atoms with Gasteiger partial charge in [0.2, 0.25) is 0 Å². The van der Waals surface area contributed by atoms with Gasteiger partial charge in [-0.25, -0.2) is 0 Å². The first-order valence-corrected chi connectivity index (χ1v) is 6.56. The number of hydrogen-bond acceptors (Lipinski definition) is 2. The standard InChI is InChI=1S/C12H15BrClNO2/c1-3-7(2)15-11(12(16)17)9-6-8(14)4-5-10(9)13/h4-7,11,15H,3H2,1-2H3,(H,16,17). The summed E-state index contributed by atoms with van der Waals surface area (Å²) in [4.78, 5) is 11.3. The number of carbonyl (C=O) groups is 1. The lowest BCUT2D eigenvalue weighted by atomic mass is 10.1. The number of benzene rings is 1. The number of hydrogen-bond donors (Lipinski definition) is 2. The van der Waals surface area contributed by atoms with Crippen LogP contribution in [-0.4, -0.2) is 17.1 Å². The molecule has 0 fully saturated rings. The molecule has 0 spiro atoms. The average Bonchev–Trinajstić information content (AvgIpc) is 2.28. The molecular weight excluding hydrogens is 305 g/mol. The van der Waals surface area contributed by atoms with Crippen LogP contribution in [0.3, 0.4) is 0 Å². The number of nitrogens with one attached hydrogen (secondary N) is 1. The van der Waals surface area contributed by atoms with Crippen molar-refractivity contribution >= 4 is 33.5 Å². The van der Waals surface area contributed by atoms with E-state index in [0.29, 0.717) is 10.6 Å². The Hall–Kier alpha value is -0.580. The van der Waals surface area contributed by atoms with Crippen molar-refractivity contribution in [2.24, 2.45) is 0 Å². The third kappa shape index (κ3) is 3.98. The maximum atomic E-state index is 11.3. The molecule has 5 heteroatoms. The largest absolute Gasteiger partial charge is 0.480 e. The molecule has 94 valence electrons. The molecule has 0 heterocycles. The van der Waals surface area contributed by atoms with Gasteiger partial charge >= 0.3 is 5.97 Å². The second-order valence-corrected chi connectivity index (χ2v) is 5.20. The molecule has 17 heavy (non-hydrogen) atoms. The summed E-state index contributed by atoms with van der Waals surface area (Å²) in [7, 11) is 0. The fourth-order valence-corrected chi connectivity index (χ4v) is 2.09. The Morgan fingerprint density at radius 1 is 1.59 bits per heavy atom. The summed E-state index contributed by atoms with van der Waals surface area (Å²) in [6.07, 6.45) is 0.863. The van der Waals surface area contributed by atoms with Gasteiger partial charge in [-0.2, -0.15) is 0 Å². The minimum Gasteiger partial charge on any atom is -0.480 e. The summed E-state index contributed by atoms with van der Waals surface area (Å²) in [5, 5.41) is 12.9. The van der Waals surface area contributed by atoms with Crippen LogP contribution < -0.4 is 5.32 Å². The van der Waals surface area contributed by atoms with Crippen molar-refractivity contribution in [3.8, 4) is 0 Å². The molecule has 0 aromatic heterocycles. The Balaban J connectivity index is 3.05. The number of aliphatic carboxylic acids is 1. The maximum Gasteiger partial charge on any atom is 0.325 e. The van der Waals surface area contributed by atoms with Crippen LogP contribution in [-0.2, 0) is 4.79 Å². The van der Waals surface area contributed by atoms with Crippen LogP contribution in [0.5, 0.6) is 0 Å². The van der Waals surface area contributed by atoms with Crippen LogP contribution in [0, 0.1) is 0 Å². The van der Waals surface area contributed by atoms with Crippen LogP contribution in [0.15, 0.2) is 22.7 Å². The van der Waals surface area contributed by atoms with E-state index in [1.807, 2.05) is 13.8 Å². The van der Waals surface area contributed by atoms with E-state index in [-0.39, 0.29) is 6.04 Å². The normalized spacial score (nSPS) is 14.4. The molecule has 3 nitrogen and oxygen atoms in total. The summed E-state index contributed by atoms with van der Waals surface area (Å²) < 4.78 is 0.741. The Morgan fingerprint density at radius 2 is 2.24 bits per heavy atom. The highest BCUT2D eigenvalue weighted by molar-refractivity contribution is 9.10. The molecule has 2 unspecified atom stereocenters. The van der Waals surface area contributed by atoms with Crippen LogP contribution in [0.1, 0.15) is 31.9 Å². The zero-order valence-electron chi connectivity index (χ0n) is 9.71. The van der Waals surface area contributed by atoms with Crippen LogP contribution in [0.25, 0.3) is 0 Å². The third-order valence-electron chi connectivity index (χ3n) is 2.58. The van der Waals surface area contributed by atoms with E-state index in [4.69, 9.17) is 11.6 Å². The highest BCUT2D eigenvalue weighted by atomic mass is 79.9. The Bertz CT molecular complexity index is 411. The van der Waals surface area contributed by atoms with Gasteiger partial charge in [0.05, 0.1) is 0 Å². The van der Waals surface area contributed by atoms with E-state index in [2.05, 4.69) is 21.2 Å². The van der Waals surface area contributed by atoms with E-state index in [0.717, 1.165) is 10.9 Å². The molecule has 0 aliphatic carbocycles. The molecule has 0 saturated heterocycles. The van der Waals surface area contributed by atoms with Gasteiger partial charge in [0.25, 0.3) is 0 Å². The van der Waals surface area contributed by atoms with E-state index < -0.39 is 12.0 Å². The summed E-state index contributed by atoms with van der Waals surface area (Å²) in [6.45, 7) is 3.96. The molecule has 2 atom stereocenters. The van der Waals surface area contributed by atoms with Gasteiger partial charge in [0, 0.05) is 15.5 Å². The van der Waals surface area contributed by atoms with Gasteiger partial charge in [-0.05, 0) is 37.1 Å². The SMILES string of the molecule is CCC(C)NC(C(=O)O)c1cc(Cl)ccc1Br. The smallest absolute Gasteiger partial charge is 0.325 e. The van der Waals surface area contributed by atoms with Gasteiger partial charge in [0.15, 0.2) is 0 Å². The molecule has 1 aromatic carbocycles. The maximum absolute atomic E-state index is 11.3. The van der Waals surface area contributed by atoms with Crippen molar-refractivity contribution in [1.82, 2.24) is 5.32 Å². The molecule has 0 aliphatic rings. The topological polar surface area (TPSA) is 49.3 Å². The molecule has 0 amide bonds. The monoisotopic (exact) mass is 319 g/mol. The Labute approximate surface area is 114 Å². The van der Waals surface area contributed by atoms with Gasteiger partial charge in [-0.15, -0.1) is 0 Å². The van der Waals surface area contributed by atoms with Crippen molar-refractivity contribution in [1.29, 1.82) is 0 Å². The summed E-state index contributed by atoms with van der Waals surface area (Å²) in [6, 6.07) is 4.52. The summed E-state index contributed by atoms with van der Waals surface area (Å²) in [5.41, 5.74) is 0.644. The van der Waals surface area contributed by atoms with Crippen molar-refractivity contribution in [3.63, 3.8) is 0 Å². The minimum absolute atomic E-state index is 0.127. The molecule has 2 N–H and O–H groups in total. The van der Waals surface area contributed by atoms with Crippen LogP contribution >= 0.6 is 27.5 Å². The fraction of sp³-hybridized carbons (Fsp3) is 0.417. The van der Waals surface area contributed by atoms with Crippen molar-refractivity contribution in [2.45, 2.75) is 32.4 Å². The number of carboxylic acid groups (broad SMARTS) is 1. The molecule has 1 aromatic rings. The van der Waals surface area contributed by atoms with E-state index in [1.54, 1.807) is 18.2 Å². The second-order valence-electron chi connectivity index (χ2n) is 3.91. The van der Waals surface area contributed by atoms with Gasteiger partial charge in [-0.1, -0.05) is 34.5 Å². The first kappa shape index (κ1) is 14.5. The van der Waals surface area contributed by atoms with Crippen molar-refractivity contribution in [2.75, 3.05) is 0 Å². The van der Waals surface area contributed by atoms with Crippen molar-refractivity contribution < 1.29 is 9.90 Å². The predicted octanol–water partition coefficient (Wildman–Crippen LogP) is 3.62. The summed E-state index contributed by atoms with van der Waals surface area (Å²) in [5.74, 6) is -0.909. The Morgan fingerprint density at radius 3 is 2.76 bits per heavy atom. The second kappa shape index (κ2) is 6.38. The van der Waals surface area contributed by atoms with Gasteiger partial charge in [0.1, 0.15) is 6.04 Å². The van der Waals surface area contributed by atoms with Gasteiger partial charge < -0.3 is 5.11 Å². The van der Waals surface area contributed by atoms with Crippen LogP contribution in [0.2, 0.25) is 5.02 Å². The first-order valence-electron chi connectivity index (χ1n) is 5.39. The highest BCUT2D eigenvalue weighted by Crippen LogP contribution is 2.27. The van der Waals surface area contributed by atoms with E-state index in [9.17, 15) is 9.90 Å². The summed E-state index contributed by atoms with van der Waals surface area (Å²) >= 11 is 9.24. The molecule has 0 saturated carbocycles. The zero-order chi connectivity index (χ0) is 13.0. The predicted molar refractivity (Wildman–Crippen MR) is 72.4 cm³/mol. The molecule has 1 rings (SSSR count). The first-order chi connectivity index (χ1) is 7.95. The van der Waals surface area contributed by atoms with Gasteiger partial charge in [-0.3, -0.25) is 10.1 Å². The molecule has 0 bridgehead atoms. The highest BCUT2D eigenvalue weighted by Gasteiger charge is 2.23. The lowest BCUT2D eigenvalue weighted by Crippen LogP contribution is -2.35. The molecular formula is C12H15BrClNO2. The number of carboxylic acids is 1. The van der Waals surface area contributed by atoms with E-state index in [1.165, 1.54) is 0 Å². The number of halogens is 2. The zero-order valence-corrected chi connectivity index (χ0v) is 12.0. The number of rotatable bonds is 5. The molecule has 0 radical (unpaired) electrons.